The van der Waals surface area contributed by atoms with Crippen LogP contribution in [0.4, 0.5) is 5.69 Å². The summed E-state index contributed by atoms with van der Waals surface area (Å²) >= 11 is 0. The van der Waals surface area contributed by atoms with Gasteiger partial charge in [-0.2, -0.15) is 0 Å². The van der Waals surface area contributed by atoms with E-state index in [9.17, 15) is 9.59 Å². The zero-order chi connectivity index (χ0) is 22.4. The monoisotopic (exact) mass is 424 g/mol. The van der Waals surface area contributed by atoms with Crippen LogP contribution in [-0.2, 0) is 0 Å². The van der Waals surface area contributed by atoms with Crippen molar-refractivity contribution in [3.05, 3.63) is 71.7 Å². The molecule has 0 fully saturated rings. The molecule has 8 heteroatoms. The van der Waals surface area contributed by atoms with Crippen molar-refractivity contribution >= 4 is 17.5 Å². The van der Waals surface area contributed by atoms with Crippen LogP contribution in [0.5, 0.6) is 17.2 Å². The molecule has 8 nitrogen and oxygen atoms in total. The van der Waals surface area contributed by atoms with Crippen molar-refractivity contribution in [3.8, 4) is 17.2 Å². The van der Waals surface area contributed by atoms with Crippen LogP contribution in [0.15, 0.2) is 59.2 Å². The molecule has 0 bridgehead atoms. The number of amides is 2. The lowest BCUT2D eigenvalue weighted by atomic mass is 10.1. The minimum Gasteiger partial charge on any atom is -0.493 e. The second kappa shape index (κ2) is 9.71. The summed E-state index contributed by atoms with van der Waals surface area (Å²) in [4.78, 5) is 25.0. The maximum atomic E-state index is 12.8. The van der Waals surface area contributed by atoms with Crippen LogP contribution in [0, 0.1) is 0 Å². The van der Waals surface area contributed by atoms with Crippen LogP contribution in [0.3, 0.4) is 0 Å². The molecule has 0 aliphatic carbocycles. The predicted octanol–water partition coefficient (Wildman–Crippen LogP) is 4.05. The van der Waals surface area contributed by atoms with Crippen molar-refractivity contribution in [1.82, 2.24) is 5.32 Å². The van der Waals surface area contributed by atoms with Crippen LogP contribution in [0.25, 0.3) is 0 Å². The molecule has 3 aromatic rings. The van der Waals surface area contributed by atoms with Gasteiger partial charge in [-0.25, -0.2) is 0 Å². The van der Waals surface area contributed by atoms with Crippen LogP contribution >= 0.6 is 0 Å². The third kappa shape index (κ3) is 4.98. The third-order valence-electron chi connectivity index (χ3n) is 4.66. The van der Waals surface area contributed by atoms with Crippen LogP contribution in [0.2, 0.25) is 0 Å². The molecule has 1 atom stereocenters. The van der Waals surface area contributed by atoms with E-state index in [1.807, 2.05) is 6.92 Å². The van der Waals surface area contributed by atoms with Gasteiger partial charge in [0.1, 0.15) is 0 Å². The second-order valence-corrected chi connectivity index (χ2v) is 6.67. The van der Waals surface area contributed by atoms with E-state index in [1.54, 1.807) is 48.5 Å². The van der Waals surface area contributed by atoms with Gasteiger partial charge < -0.3 is 29.3 Å². The van der Waals surface area contributed by atoms with Crippen molar-refractivity contribution in [2.45, 2.75) is 13.0 Å². The van der Waals surface area contributed by atoms with E-state index < -0.39 is 5.91 Å². The molecule has 2 N–H and O–H groups in total. The molecule has 1 aromatic heterocycles. The highest BCUT2D eigenvalue weighted by Crippen LogP contribution is 2.39. The number of carbonyl (C=O) groups is 2. The normalized spacial score (nSPS) is 11.4. The average Bonchev–Trinajstić information content (AvgIpc) is 3.33. The van der Waals surface area contributed by atoms with E-state index >= 15 is 0 Å². The number of rotatable bonds is 8. The minimum atomic E-state index is -0.395. The molecule has 0 radical (unpaired) electrons. The number of hydrogen-bond acceptors (Lipinski definition) is 6. The Morgan fingerprint density at radius 3 is 2.19 bits per heavy atom. The van der Waals surface area contributed by atoms with Crippen molar-refractivity contribution in [1.29, 1.82) is 0 Å². The Morgan fingerprint density at radius 1 is 0.903 bits per heavy atom. The molecule has 1 heterocycles. The smallest absolute Gasteiger partial charge is 0.291 e. The lowest BCUT2D eigenvalue weighted by molar-refractivity contribution is 0.0938. The Bertz CT molecular complexity index is 1040. The fraction of sp³-hybridized carbons (Fsp3) is 0.217. The number of methoxy groups -OCH3 is 3. The maximum Gasteiger partial charge on any atom is 0.291 e. The molecule has 0 saturated carbocycles. The van der Waals surface area contributed by atoms with Gasteiger partial charge in [0.05, 0.1) is 33.6 Å². The van der Waals surface area contributed by atoms with Gasteiger partial charge >= 0.3 is 0 Å². The van der Waals surface area contributed by atoms with Crippen molar-refractivity contribution in [2.24, 2.45) is 0 Å². The molecule has 0 saturated heterocycles. The van der Waals surface area contributed by atoms with Gasteiger partial charge in [0.25, 0.3) is 11.8 Å². The Hall–Kier alpha value is -3.94. The van der Waals surface area contributed by atoms with Gasteiger partial charge in [-0.05, 0) is 55.0 Å². The molecule has 0 aliphatic rings. The lowest BCUT2D eigenvalue weighted by Gasteiger charge is -2.19. The van der Waals surface area contributed by atoms with Gasteiger partial charge in [0.15, 0.2) is 17.3 Å². The summed E-state index contributed by atoms with van der Waals surface area (Å²) in [5, 5.41) is 5.65. The standard InChI is InChI=1S/C23H24N2O6/c1-14(16-12-19(28-2)21(30-4)20(13-16)29-3)24-22(26)15-7-5-8-17(11-15)25-23(27)18-9-6-10-31-18/h5-14H,1-4H3,(H,24,26)(H,25,27). The first-order valence-corrected chi connectivity index (χ1v) is 9.52. The Morgan fingerprint density at radius 2 is 1.61 bits per heavy atom. The Kier molecular flexibility index (Phi) is 6.81. The van der Waals surface area contributed by atoms with Gasteiger partial charge in [-0.1, -0.05) is 6.07 Å². The van der Waals surface area contributed by atoms with E-state index in [4.69, 9.17) is 18.6 Å². The van der Waals surface area contributed by atoms with Crippen LogP contribution in [0.1, 0.15) is 39.4 Å². The fourth-order valence-corrected chi connectivity index (χ4v) is 3.05. The highest BCUT2D eigenvalue weighted by atomic mass is 16.5. The minimum absolute atomic E-state index is 0.186. The van der Waals surface area contributed by atoms with Crippen LogP contribution in [-0.4, -0.2) is 33.1 Å². The summed E-state index contributed by atoms with van der Waals surface area (Å²) in [6, 6.07) is 13.1. The van der Waals surface area contributed by atoms with E-state index in [-0.39, 0.29) is 17.7 Å². The first-order chi connectivity index (χ1) is 15.0. The number of ether oxygens (including phenoxy) is 3. The molecule has 0 spiro atoms. The van der Waals surface area contributed by atoms with Crippen molar-refractivity contribution < 1.29 is 28.2 Å². The topological polar surface area (TPSA) is 99.0 Å². The molecule has 2 amide bonds. The lowest BCUT2D eigenvalue weighted by Crippen LogP contribution is -2.26. The van der Waals surface area contributed by atoms with Gasteiger partial charge in [-0.3, -0.25) is 9.59 Å². The van der Waals surface area contributed by atoms with E-state index in [0.717, 1.165) is 5.56 Å². The van der Waals surface area contributed by atoms with E-state index in [2.05, 4.69) is 10.6 Å². The summed E-state index contributed by atoms with van der Waals surface area (Å²) in [6.45, 7) is 1.85. The summed E-state index contributed by atoms with van der Waals surface area (Å²) in [5.41, 5.74) is 1.66. The van der Waals surface area contributed by atoms with E-state index in [1.165, 1.54) is 27.6 Å². The molecular weight excluding hydrogens is 400 g/mol. The summed E-state index contributed by atoms with van der Waals surface area (Å²) in [6.07, 6.45) is 1.42. The van der Waals surface area contributed by atoms with Gasteiger partial charge in [0, 0.05) is 11.3 Å². The molecule has 3 rings (SSSR count). The van der Waals surface area contributed by atoms with Crippen molar-refractivity contribution in [3.63, 3.8) is 0 Å². The molecule has 0 aliphatic heterocycles. The summed E-state index contributed by atoms with van der Waals surface area (Å²) in [5.74, 6) is 0.975. The second-order valence-electron chi connectivity index (χ2n) is 6.67. The predicted molar refractivity (Wildman–Crippen MR) is 115 cm³/mol. The molecule has 2 aromatic carbocycles. The largest absolute Gasteiger partial charge is 0.493 e. The zero-order valence-corrected chi connectivity index (χ0v) is 17.7. The number of hydrogen-bond donors (Lipinski definition) is 2. The number of carbonyl (C=O) groups excluding carboxylic acids is 2. The third-order valence-corrected chi connectivity index (χ3v) is 4.66. The van der Waals surface area contributed by atoms with Gasteiger partial charge in [-0.15, -0.1) is 0 Å². The number of nitrogens with one attached hydrogen (secondary N) is 2. The summed E-state index contributed by atoms with van der Waals surface area (Å²) < 4.78 is 21.2. The average molecular weight is 424 g/mol. The van der Waals surface area contributed by atoms with Crippen LogP contribution < -0.4 is 24.8 Å². The van der Waals surface area contributed by atoms with Crippen molar-refractivity contribution in [2.75, 3.05) is 26.6 Å². The SMILES string of the molecule is COc1cc(C(C)NC(=O)c2cccc(NC(=O)c3ccco3)c2)cc(OC)c1OC. The molecule has 31 heavy (non-hydrogen) atoms. The molecule has 1 unspecified atom stereocenters. The first kappa shape index (κ1) is 21.8. The number of benzene rings is 2. The number of anilines is 1. The Balaban J connectivity index is 1.75. The maximum absolute atomic E-state index is 12.8. The quantitative estimate of drug-likeness (QED) is 0.566. The molecular formula is C23H24N2O6. The fourth-order valence-electron chi connectivity index (χ4n) is 3.05. The highest BCUT2D eigenvalue weighted by molar-refractivity contribution is 6.03. The zero-order valence-electron chi connectivity index (χ0n) is 17.7. The van der Waals surface area contributed by atoms with E-state index in [0.29, 0.717) is 28.5 Å². The summed E-state index contributed by atoms with van der Waals surface area (Å²) in [7, 11) is 4.60. The molecule has 162 valence electrons. The van der Waals surface area contributed by atoms with Gasteiger partial charge in [0.2, 0.25) is 5.75 Å². The highest BCUT2D eigenvalue weighted by Gasteiger charge is 2.18. The number of furan rings is 1. The first-order valence-electron chi connectivity index (χ1n) is 9.52. The Labute approximate surface area is 180 Å².